The van der Waals surface area contributed by atoms with Crippen LogP contribution in [-0.4, -0.2) is 11.1 Å². The van der Waals surface area contributed by atoms with Gasteiger partial charge in [-0.3, -0.25) is 0 Å². The van der Waals surface area contributed by atoms with Crippen molar-refractivity contribution in [2.24, 2.45) is 0 Å². The second-order valence-electron chi connectivity index (χ2n) is 7.78. The first kappa shape index (κ1) is 23.3. The summed E-state index contributed by atoms with van der Waals surface area (Å²) in [5.41, 5.74) is 4.28. The van der Waals surface area contributed by atoms with Crippen molar-refractivity contribution in [2.45, 2.75) is 46.0 Å². The van der Waals surface area contributed by atoms with Crippen LogP contribution < -0.4 is 4.74 Å². The number of ether oxygens (including phenoxy) is 1. The summed E-state index contributed by atoms with van der Waals surface area (Å²) in [6.45, 7) is 4.16. The lowest BCUT2D eigenvalue weighted by Gasteiger charge is -2.12. The van der Waals surface area contributed by atoms with E-state index in [0.29, 0.717) is 5.75 Å². The van der Waals surface area contributed by atoms with E-state index in [1.165, 1.54) is 6.08 Å². The molecule has 0 saturated heterocycles. The normalized spacial score (nSPS) is 11.1. The predicted octanol–water partition coefficient (Wildman–Crippen LogP) is 7.11. The molecule has 0 atom stereocenters. The van der Waals surface area contributed by atoms with Crippen LogP contribution in [0.1, 0.15) is 49.8 Å². The molecule has 3 aromatic rings. The van der Waals surface area contributed by atoms with Crippen molar-refractivity contribution in [3.8, 4) is 22.6 Å². The number of carbonyl (C=O) groups excluding carboxylic acids is 1. The van der Waals surface area contributed by atoms with E-state index >= 15 is 0 Å². The number of halogens is 1. The minimum atomic E-state index is -0.490. The highest BCUT2D eigenvalue weighted by Gasteiger charge is 2.11. The van der Waals surface area contributed by atoms with Gasteiger partial charge in [0.2, 0.25) is 0 Å². The van der Waals surface area contributed by atoms with Crippen LogP contribution in [0, 0.1) is 5.82 Å². The number of phenolic OH excluding ortho intramolecular Hbond substituents is 1. The number of esters is 1. The third-order valence-corrected chi connectivity index (χ3v) is 5.39. The van der Waals surface area contributed by atoms with Gasteiger partial charge in [-0.05, 0) is 83.5 Å². The number of aromatic hydroxyl groups is 1. The van der Waals surface area contributed by atoms with Crippen molar-refractivity contribution < 1.29 is 19.0 Å². The summed E-state index contributed by atoms with van der Waals surface area (Å²) in [5, 5.41) is 9.32. The van der Waals surface area contributed by atoms with E-state index < -0.39 is 5.97 Å². The number of hydrogen-bond acceptors (Lipinski definition) is 3. The number of rotatable bonds is 9. The molecule has 0 radical (unpaired) electrons. The monoisotopic (exact) mass is 432 g/mol. The molecule has 3 nitrogen and oxygen atoms in total. The number of phenols is 1. The Morgan fingerprint density at radius 2 is 1.75 bits per heavy atom. The summed E-state index contributed by atoms with van der Waals surface area (Å²) >= 11 is 0. The van der Waals surface area contributed by atoms with Gasteiger partial charge in [-0.1, -0.05) is 57.0 Å². The topological polar surface area (TPSA) is 46.5 Å². The van der Waals surface area contributed by atoms with E-state index in [-0.39, 0.29) is 11.6 Å². The molecule has 0 saturated carbocycles. The fourth-order valence-corrected chi connectivity index (χ4v) is 3.59. The van der Waals surface area contributed by atoms with Crippen molar-refractivity contribution in [2.75, 3.05) is 0 Å². The zero-order valence-electron chi connectivity index (χ0n) is 18.6. The molecular weight excluding hydrogens is 403 g/mol. The van der Waals surface area contributed by atoms with Crippen LogP contribution in [0.4, 0.5) is 4.39 Å². The Hall–Kier alpha value is -3.40. The fraction of sp³-hybridized carbons (Fsp3) is 0.250. The molecule has 3 rings (SSSR count). The molecule has 32 heavy (non-hydrogen) atoms. The Labute approximate surface area is 189 Å². The van der Waals surface area contributed by atoms with E-state index in [0.717, 1.165) is 59.9 Å². The SMILES string of the molecule is CCCCCc1ccc(-c2ccc(OC(=O)/C=C\c3ccc(O)cc3)cc2CC)cc1F. The second kappa shape index (κ2) is 11.3. The van der Waals surface area contributed by atoms with Crippen LogP contribution in [-0.2, 0) is 17.6 Å². The quantitative estimate of drug-likeness (QED) is 0.170. The Balaban J connectivity index is 1.72. The summed E-state index contributed by atoms with van der Waals surface area (Å²) in [7, 11) is 0. The molecule has 0 heterocycles. The lowest BCUT2D eigenvalue weighted by atomic mass is 9.95. The Kier molecular flexibility index (Phi) is 8.20. The Morgan fingerprint density at radius 3 is 2.44 bits per heavy atom. The Morgan fingerprint density at radius 1 is 0.969 bits per heavy atom. The minimum absolute atomic E-state index is 0.169. The van der Waals surface area contributed by atoms with Crippen molar-refractivity contribution in [3.05, 3.63) is 89.2 Å². The van der Waals surface area contributed by atoms with Gasteiger partial charge in [-0.2, -0.15) is 0 Å². The first-order valence-electron chi connectivity index (χ1n) is 11.1. The van der Waals surface area contributed by atoms with Crippen LogP contribution in [0.5, 0.6) is 11.5 Å². The van der Waals surface area contributed by atoms with Crippen LogP contribution >= 0.6 is 0 Å². The molecule has 0 unspecified atom stereocenters. The first-order chi connectivity index (χ1) is 15.5. The first-order valence-corrected chi connectivity index (χ1v) is 11.1. The number of benzene rings is 3. The molecule has 0 aromatic heterocycles. The van der Waals surface area contributed by atoms with Gasteiger partial charge in [-0.15, -0.1) is 0 Å². The van der Waals surface area contributed by atoms with Crippen LogP contribution in [0.25, 0.3) is 17.2 Å². The summed E-state index contributed by atoms with van der Waals surface area (Å²) in [6.07, 6.45) is 7.67. The smallest absolute Gasteiger partial charge is 0.336 e. The molecule has 4 heteroatoms. The minimum Gasteiger partial charge on any atom is -0.508 e. The highest BCUT2D eigenvalue weighted by Crippen LogP contribution is 2.30. The zero-order chi connectivity index (χ0) is 22.9. The lowest BCUT2D eigenvalue weighted by Crippen LogP contribution is -2.04. The van der Waals surface area contributed by atoms with Crippen LogP contribution in [0.15, 0.2) is 66.7 Å². The van der Waals surface area contributed by atoms with E-state index in [1.54, 1.807) is 42.5 Å². The van der Waals surface area contributed by atoms with Gasteiger partial charge in [0.25, 0.3) is 0 Å². The van der Waals surface area contributed by atoms with Crippen LogP contribution in [0.2, 0.25) is 0 Å². The fourth-order valence-electron chi connectivity index (χ4n) is 3.59. The maximum Gasteiger partial charge on any atom is 0.336 e. The molecule has 0 aliphatic carbocycles. The van der Waals surface area contributed by atoms with Gasteiger partial charge < -0.3 is 9.84 Å². The highest BCUT2D eigenvalue weighted by molar-refractivity contribution is 5.88. The van der Waals surface area contributed by atoms with Crippen molar-refractivity contribution >= 4 is 12.0 Å². The molecular formula is C28H29FO3. The maximum atomic E-state index is 14.6. The van der Waals surface area contributed by atoms with Gasteiger partial charge in [0.15, 0.2) is 0 Å². The van der Waals surface area contributed by atoms with E-state index in [4.69, 9.17) is 4.74 Å². The summed E-state index contributed by atoms with van der Waals surface area (Å²) in [5.74, 6) is -0.0450. The van der Waals surface area contributed by atoms with Gasteiger partial charge >= 0.3 is 5.97 Å². The van der Waals surface area contributed by atoms with Gasteiger partial charge in [0.1, 0.15) is 17.3 Å². The van der Waals surface area contributed by atoms with Crippen molar-refractivity contribution in [1.29, 1.82) is 0 Å². The summed E-state index contributed by atoms with van der Waals surface area (Å²) in [4.78, 5) is 12.2. The molecule has 166 valence electrons. The molecule has 0 aliphatic rings. The molecule has 0 fully saturated rings. The summed E-state index contributed by atoms with van der Waals surface area (Å²) < 4.78 is 20.0. The average Bonchev–Trinajstić information content (AvgIpc) is 2.80. The molecule has 0 bridgehead atoms. The van der Waals surface area contributed by atoms with Crippen LogP contribution in [0.3, 0.4) is 0 Å². The van der Waals surface area contributed by atoms with Crippen molar-refractivity contribution in [3.63, 3.8) is 0 Å². The molecule has 1 N–H and O–H groups in total. The molecule has 0 aliphatic heterocycles. The number of aryl methyl sites for hydroxylation is 2. The molecule has 0 spiro atoms. The largest absolute Gasteiger partial charge is 0.508 e. The predicted molar refractivity (Wildman–Crippen MR) is 127 cm³/mol. The standard InChI is InChI=1S/C28H29FO3/c1-3-5-6-7-22-11-12-23(19-27(22)29)26-16-15-25(18-21(26)4-2)32-28(31)17-10-20-8-13-24(30)14-9-20/h8-19,30H,3-7H2,1-2H3/b17-10-. The zero-order valence-corrected chi connectivity index (χ0v) is 18.6. The van der Waals surface area contributed by atoms with Crippen molar-refractivity contribution in [1.82, 2.24) is 0 Å². The van der Waals surface area contributed by atoms with Gasteiger partial charge in [0.05, 0.1) is 0 Å². The van der Waals surface area contributed by atoms with E-state index in [9.17, 15) is 14.3 Å². The van der Waals surface area contributed by atoms with E-state index in [2.05, 4.69) is 6.92 Å². The van der Waals surface area contributed by atoms with E-state index in [1.807, 2.05) is 31.2 Å². The second-order valence-corrected chi connectivity index (χ2v) is 7.78. The molecule has 0 amide bonds. The average molecular weight is 433 g/mol. The number of carbonyl (C=O) groups is 1. The Bertz CT molecular complexity index is 1080. The van der Waals surface area contributed by atoms with Gasteiger partial charge in [0, 0.05) is 6.08 Å². The summed E-state index contributed by atoms with van der Waals surface area (Å²) in [6, 6.07) is 17.4. The maximum absolute atomic E-state index is 14.6. The van der Waals surface area contributed by atoms with Gasteiger partial charge in [-0.25, -0.2) is 9.18 Å². The lowest BCUT2D eigenvalue weighted by molar-refractivity contribution is -0.128. The third-order valence-electron chi connectivity index (χ3n) is 5.39. The highest BCUT2D eigenvalue weighted by atomic mass is 19.1. The third kappa shape index (κ3) is 6.30. The molecule has 3 aromatic carbocycles. The number of hydrogen-bond donors (Lipinski definition) is 1. The number of unbranched alkanes of at least 4 members (excludes halogenated alkanes) is 2.